The van der Waals surface area contributed by atoms with Gasteiger partial charge in [-0.1, -0.05) is 43.3 Å². The van der Waals surface area contributed by atoms with E-state index in [4.69, 9.17) is 4.74 Å². The van der Waals surface area contributed by atoms with Gasteiger partial charge < -0.3 is 14.9 Å². The Labute approximate surface area is 152 Å². The van der Waals surface area contributed by atoms with Crippen LogP contribution in [0.5, 0.6) is 17.2 Å². The van der Waals surface area contributed by atoms with E-state index < -0.39 is 5.97 Å². The van der Waals surface area contributed by atoms with Crippen molar-refractivity contribution >= 4 is 5.97 Å². The lowest BCUT2D eigenvalue weighted by molar-refractivity contribution is 0.0731. The van der Waals surface area contributed by atoms with Gasteiger partial charge >= 0.3 is 5.97 Å². The predicted molar refractivity (Wildman–Crippen MR) is 99.7 cm³/mol. The third kappa shape index (κ3) is 4.22. The highest BCUT2D eigenvalue weighted by Crippen LogP contribution is 2.27. The normalized spacial score (nSPS) is 11.7. The summed E-state index contributed by atoms with van der Waals surface area (Å²) < 4.78 is 5.32. The van der Waals surface area contributed by atoms with E-state index in [1.807, 2.05) is 25.1 Å². The van der Waals surface area contributed by atoms with Crippen LogP contribution in [-0.2, 0) is 6.42 Å². The van der Waals surface area contributed by atoms with Crippen LogP contribution in [0.25, 0.3) is 0 Å². The molecule has 0 aliphatic heterocycles. The van der Waals surface area contributed by atoms with E-state index in [0.717, 1.165) is 17.5 Å². The van der Waals surface area contributed by atoms with E-state index in [9.17, 15) is 15.0 Å². The molecule has 3 aromatic carbocycles. The Morgan fingerprint density at radius 3 is 2.35 bits per heavy atom. The molecule has 0 bridgehead atoms. The van der Waals surface area contributed by atoms with Gasteiger partial charge in [-0.05, 0) is 59.9 Å². The standard InChI is InChI=1S/C22H20O4/c1-15(13-16-7-10-18(23)11-8-16)17-9-12-21(24)20(14-17)22(25)26-19-5-3-2-4-6-19/h2-12,14-15,23-24H,13H2,1H3. The molecule has 4 nitrogen and oxygen atoms in total. The summed E-state index contributed by atoms with van der Waals surface area (Å²) in [6.07, 6.45) is 0.748. The fourth-order valence-electron chi connectivity index (χ4n) is 2.78. The number of ether oxygens (including phenoxy) is 1. The summed E-state index contributed by atoms with van der Waals surface area (Å²) in [4.78, 5) is 12.4. The van der Waals surface area contributed by atoms with Gasteiger partial charge in [-0.2, -0.15) is 0 Å². The van der Waals surface area contributed by atoms with Crippen LogP contribution in [0.2, 0.25) is 0 Å². The van der Waals surface area contributed by atoms with E-state index in [2.05, 4.69) is 0 Å². The number of hydrogen-bond donors (Lipinski definition) is 2. The average Bonchev–Trinajstić information content (AvgIpc) is 2.64. The van der Waals surface area contributed by atoms with Gasteiger partial charge in [-0.3, -0.25) is 0 Å². The fraction of sp³-hybridized carbons (Fsp3) is 0.136. The van der Waals surface area contributed by atoms with E-state index in [0.29, 0.717) is 5.75 Å². The van der Waals surface area contributed by atoms with Gasteiger partial charge in [0.05, 0.1) is 0 Å². The summed E-state index contributed by atoms with van der Waals surface area (Å²) in [5, 5.41) is 19.4. The summed E-state index contributed by atoms with van der Waals surface area (Å²) in [7, 11) is 0. The minimum absolute atomic E-state index is 0.105. The van der Waals surface area contributed by atoms with Crippen molar-refractivity contribution in [2.75, 3.05) is 0 Å². The van der Waals surface area contributed by atoms with Gasteiger partial charge in [0.2, 0.25) is 0 Å². The molecule has 3 rings (SSSR count). The van der Waals surface area contributed by atoms with E-state index in [1.54, 1.807) is 48.5 Å². The first-order chi connectivity index (χ1) is 12.5. The van der Waals surface area contributed by atoms with Crippen LogP contribution in [0, 0.1) is 0 Å². The molecule has 132 valence electrons. The Balaban J connectivity index is 1.78. The van der Waals surface area contributed by atoms with Crippen molar-refractivity contribution in [3.63, 3.8) is 0 Å². The zero-order valence-electron chi connectivity index (χ0n) is 14.4. The molecule has 0 fully saturated rings. The summed E-state index contributed by atoms with van der Waals surface area (Å²) in [5.74, 6) is 0.0961. The van der Waals surface area contributed by atoms with Crippen LogP contribution in [0.15, 0.2) is 72.8 Å². The van der Waals surface area contributed by atoms with Gasteiger partial charge in [-0.15, -0.1) is 0 Å². The molecular weight excluding hydrogens is 328 g/mol. The highest BCUT2D eigenvalue weighted by atomic mass is 16.5. The minimum Gasteiger partial charge on any atom is -0.508 e. The smallest absolute Gasteiger partial charge is 0.347 e. The second-order valence-electron chi connectivity index (χ2n) is 6.25. The predicted octanol–water partition coefficient (Wildman–Crippen LogP) is 4.66. The molecular formula is C22H20O4. The number of esters is 1. The summed E-state index contributed by atoms with van der Waals surface area (Å²) in [6.45, 7) is 2.05. The number of para-hydroxylation sites is 1. The lowest BCUT2D eigenvalue weighted by Gasteiger charge is -2.14. The molecule has 0 aliphatic carbocycles. The summed E-state index contributed by atoms with van der Waals surface area (Å²) >= 11 is 0. The Bertz CT molecular complexity index is 886. The third-order valence-electron chi connectivity index (χ3n) is 4.24. The van der Waals surface area contributed by atoms with Gasteiger partial charge in [-0.25, -0.2) is 4.79 Å². The molecule has 0 amide bonds. The number of carbonyl (C=O) groups is 1. The van der Waals surface area contributed by atoms with E-state index in [-0.39, 0.29) is 23.0 Å². The highest BCUT2D eigenvalue weighted by molar-refractivity contribution is 5.94. The Morgan fingerprint density at radius 1 is 0.962 bits per heavy atom. The Hall–Kier alpha value is -3.27. The van der Waals surface area contributed by atoms with Crippen molar-refractivity contribution in [3.05, 3.63) is 89.5 Å². The SMILES string of the molecule is CC(Cc1ccc(O)cc1)c1ccc(O)c(C(=O)Oc2ccccc2)c1. The molecule has 0 aliphatic rings. The minimum atomic E-state index is -0.590. The topological polar surface area (TPSA) is 66.8 Å². The van der Waals surface area contributed by atoms with Crippen molar-refractivity contribution in [2.45, 2.75) is 19.3 Å². The first kappa shape index (κ1) is 17.5. The number of phenols is 2. The quantitative estimate of drug-likeness (QED) is 0.520. The Kier molecular flexibility index (Phi) is 5.23. The largest absolute Gasteiger partial charge is 0.508 e. The number of phenolic OH excluding ortho intramolecular Hbond substituents is 2. The van der Waals surface area contributed by atoms with Crippen LogP contribution in [0.4, 0.5) is 0 Å². The summed E-state index contributed by atoms with van der Waals surface area (Å²) in [6, 6.07) is 20.8. The molecule has 0 saturated carbocycles. The molecule has 0 spiro atoms. The maximum Gasteiger partial charge on any atom is 0.347 e. The number of carbonyl (C=O) groups excluding carboxylic acids is 1. The van der Waals surface area contributed by atoms with Crippen LogP contribution >= 0.6 is 0 Å². The number of aromatic hydroxyl groups is 2. The van der Waals surface area contributed by atoms with E-state index >= 15 is 0 Å². The van der Waals surface area contributed by atoms with Crippen molar-refractivity contribution in [1.82, 2.24) is 0 Å². The lowest BCUT2D eigenvalue weighted by atomic mass is 9.92. The van der Waals surface area contributed by atoms with Gasteiger partial charge in [0.15, 0.2) is 0 Å². The second-order valence-corrected chi connectivity index (χ2v) is 6.25. The zero-order valence-corrected chi connectivity index (χ0v) is 14.4. The molecule has 4 heteroatoms. The first-order valence-corrected chi connectivity index (χ1v) is 8.41. The van der Waals surface area contributed by atoms with Crippen molar-refractivity contribution in [2.24, 2.45) is 0 Å². The summed E-state index contributed by atoms with van der Waals surface area (Å²) in [5.41, 5.74) is 2.15. The van der Waals surface area contributed by atoms with Crippen LogP contribution in [0.1, 0.15) is 34.3 Å². The average molecular weight is 348 g/mol. The number of hydrogen-bond acceptors (Lipinski definition) is 4. The lowest BCUT2D eigenvalue weighted by Crippen LogP contribution is -2.10. The van der Waals surface area contributed by atoms with Gasteiger partial charge in [0.25, 0.3) is 0 Å². The molecule has 3 aromatic rings. The highest BCUT2D eigenvalue weighted by Gasteiger charge is 2.17. The fourth-order valence-corrected chi connectivity index (χ4v) is 2.78. The van der Waals surface area contributed by atoms with Crippen LogP contribution < -0.4 is 4.74 Å². The molecule has 1 atom stereocenters. The number of rotatable bonds is 5. The molecule has 0 radical (unpaired) electrons. The second kappa shape index (κ2) is 7.74. The monoisotopic (exact) mass is 348 g/mol. The Morgan fingerprint density at radius 2 is 1.65 bits per heavy atom. The van der Waals surface area contributed by atoms with Gasteiger partial charge in [0, 0.05) is 0 Å². The molecule has 0 saturated heterocycles. The molecule has 0 aromatic heterocycles. The van der Waals surface area contributed by atoms with Crippen LogP contribution in [-0.4, -0.2) is 16.2 Å². The molecule has 0 heterocycles. The number of benzene rings is 3. The molecule has 26 heavy (non-hydrogen) atoms. The maximum atomic E-state index is 12.4. The van der Waals surface area contributed by atoms with Crippen molar-refractivity contribution in [1.29, 1.82) is 0 Å². The zero-order chi connectivity index (χ0) is 18.5. The molecule has 1 unspecified atom stereocenters. The van der Waals surface area contributed by atoms with Crippen LogP contribution in [0.3, 0.4) is 0 Å². The molecule has 2 N–H and O–H groups in total. The van der Waals surface area contributed by atoms with Crippen molar-refractivity contribution < 1.29 is 19.7 Å². The van der Waals surface area contributed by atoms with E-state index in [1.165, 1.54) is 6.07 Å². The third-order valence-corrected chi connectivity index (χ3v) is 4.24. The van der Waals surface area contributed by atoms with Gasteiger partial charge in [0.1, 0.15) is 22.8 Å². The van der Waals surface area contributed by atoms with Crippen molar-refractivity contribution in [3.8, 4) is 17.2 Å². The first-order valence-electron chi connectivity index (χ1n) is 8.41. The maximum absolute atomic E-state index is 12.4.